The van der Waals surface area contributed by atoms with Gasteiger partial charge in [-0.1, -0.05) is 23.2 Å². The summed E-state index contributed by atoms with van der Waals surface area (Å²) >= 11 is 11.8. The lowest BCUT2D eigenvalue weighted by Crippen LogP contribution is -2.20. The van der Waals surface area contributed by atoms with Crippen LogP contribution in [0, 0.1) is 6.92 Å². The van der Waals surface area contributed by atoms with Gasteiger partial charge in [0.05, 0.1) is 5.02 Å². The van der Waals surface area contributed by atoms with Gasteiger partial charge in [-0.2, -0.15) is 0 Å². The average molecular weight is 378 g/mol. The predicted molar refractivity (Wildman–Crippen MR) is 97.8 cm³/mol. The van der Waals surface area contributed by atoms with E-state index < -0.39 is 5.63 Å². The molecule has 7 heteroatoms. The lowest BCUT2D eigenvalue weighted by atomic mass is 10.1. The number of hydrogen-bond donors (Lipinski definition) is 1. The minimum Gasteiger partial charge on any atom is -0.482 e. The molecule has 25 heavy (non-hydrogen) atoms. The fraction of sp³-hybridized carbons (Fsp3) is 0.111. The Labute approximate surface area is 153 Å². The molecule has 0 saturated carbocycles. The molecule has 1 N–H and O–H groups in total. The molecule has 1 aromatic heterocycles. The zero-order valence-electron chi connectivity index (χ0n) is 13.1. The van der Waals surface area contributed by atoms with Gasteiger partial charge in [-0.25, -0.2) is 4.79 Å². The number of ether oxygens (including phenoxy) is 1. The number of nitrogens with one attached hydrogen (secondary N) is 1. The van der Waals surface area contributed by atoms with Crippen molar-refractivity contribution >= 4 is 45.8 Å². The average Bonchev–Trinajstić information content (AvgIpc) is 2.53. The van der Waals surface area contributed by atoms with Gasteiger partial charge in [0, 0.05) is 28.2 Å². The van der Waals surface area contributed by atoms with E-state index in [0.717, 1.165) is 10.9 Å². The van der Waals surface area contributed by atoms with Crippen molar-refractivity contribution in [3.63, 3.8) is 0 Å². The van der Waals surface area contributed by atoms with Gasteiger partial charge in [-0.05, 0) is 42.8 Å². The third kappa shape index (κ3) is 4.13. The molecule has 2 aromatic carbocycles. The van der Waals surface area contributed by atoms with E-state index in [2.05, 4.69) is 5.32 Å². The Kier molecular flexibility index (Phi) is 4.97. The quantitative estimate of drug-likeness (QED) is 0.683. The van der Waals surface area contributed by atoms with Crippen LogP contribution in [0.15, 0.2) is 51.7 Å². The molecule has 1 heterocycles. The summed E-state index contributed by atoms with van der Waals surface area (Å²) < 4.78 is 10.5. The minimum absolute atomic E-state index is 0.225. The molecule has 5 nitrogen and oxygen atoms in total. The minimum atomic E-state index is -0.436. The number of anilines is 1. The van der Waals surface area contributed by atoms with Crippen molar-refractivity contribution in [2.24, 2.45) is 0 Å². The van der Waals surface area contributed by atoms with Crippen LogP contribution in [-0.4, -0.2) is 12.5 Å². The molecule has 1 amide bonds. The van der Waals surface area contributed by atoms with Gasteiger partial charge in [0.15, 0.2) is 6.61 Å². The van der Waals surface area contributed by atoms with E-state index in [1.807, 2.05) is 6.92 Å². The maximum atomic E-state index is 12.0. The summed E-state index contributed by atoms with van der Waals surface area (Å²) in [5, 5.41) is 4.29. The van der Waals surface area contributed by atoms with Gasteiger partial charge in [-0.15, -0.1) is 0 Å². The van der Waals surface area contributed by atoms with Crippen LogP contribution in [0.5, 0.6) is 5.75 Å². The van der Waals surface area contributed by atoms with Crippen molar-refractivity contribution in [2.45, 2.75) is 6.92 Å². The molecule has 0 aliphatic rings. The van der Waals surface area contributed by atoms with Crippen LogP contribution in [0.3, 0.4) is 0 Å². The van der Waals surface area contributed by atoms with E-state index in [1.165, 1.54) is 12.1 Å². The molecule has 0 bridgehead atoms. The largest absolute Gasteiger partial charge is 0.482 e. The molecule has 128 valence electrons. The SMILES string of the molecule is Cc1cc(=O)oc2cc(NC(=O)COc3ccc(Cl)cc3Cl)ccc12. The number of halogens is 2. The molecule has 0 spiro atoms. The molecule has 0 saturated heterocycles. The highest BCUT2D eigenvalue weighted by atomic mass is 35.5. The normalized spacial score (nSPS) is 10.7. The Hall–Kier alpha value is -2.50. The molecule has 0 aliphatic heterocycles. The highest BCUT2D eigenvalue weighted by Gasteiger charge is 2.09. The number of hydrogen-bond acceptors (Lipinski definition) is 4. The fourth-order valence-corrected chi connectivity index (χ4v) is 2.80. The molecule has 0 fully saturated rings. The van der Waals surface area contributed by atoms with E-state index in [9.17, 15) is 9.59 Å². The first kappa shape index (κ1) is 17.3. The Bertz CT molecular complexity index is 1010. The lowest BCUT2D eigenvalue weighted by molar-refractivity contribution is -0.118. The molecular formula is C18H13Cl2NO4. The van der Waals surface area contributed by atoms with Crippen LogP contribution >= 0.6 is 23.2 Å². The van der Waals surface area contributed by atoms with Crippen LogP contribution in [0.4, 0.5) is 5.69 Å². The molecule has 0 atom stereocenters. The summed E-state index contributed by atoms with van der Waals surface area (Å²) in [6.45, 7) is 1.60. The lowest BCUT2D eigenvalue weighted by Gasteiger charge is -2.09. The maximum absolute atomic E-state index is 12.0. The number of fused-ring (bicyclic) bond motifs is 1. The highest BCUT2D eigenvalue weighted by Crippen LogP contribution is 2.27. The summed E-state index contributed by atoms with van der Waals surface area (Å²) in [5.74, 6) is -0.0123. The van der Waals surface area contributed by atoms with Gasteiger partial charge in [0.1, 0.15) is 11.3 Å². The van der Waals surface area contributed by atoms with Gasteiger partial charge in [0.2, 0.25) is 0 Å². The molecular weight excluding hydrogens is 365 g/mol. The van der Waals surface area contributed by atoms with Crippen LogP contribution in [0.1, 0.15) is 5.56 Å². The van der Waals surface area contributed by atoms with Gasteiger partial charge < -0.3 is 14.5 Å². The molecule has 0 aliphatic carbocycles. The first-order valence-corrected chi connectivity index (χ1v) is 8.10. The maximum Gasteiger partial charge on any atom is 0.336 e. The Morgan fingerprint density at radius 3 is 2.72 bits per heavy atom. The zero-order valence-corrected chi connectivity index (χ0v) is 14.6. The van der Waals surface area contributed by atoms with Crippen LogP contribution in [0.25, 0.3) is 11.0 Å². The third-order valence-corrected chi connectivity index (χ3v) is 4.02. The third-order valence-electron chi connectivity index (χ3n) is 3.49. The number of benzene rings is 2. The first-order valence-electron chi connectivity index (χ1n) is 7.34. The summed E-state index contributed by atoms with van der Waals surface area (Å²) in [6, 6.07) is 11.3. The Morgan fingerprint density at radius 1 is 1.16 bits per heavy atom. The van der Waals surface area contributed by atoms with E-state index in [4.69, 9.17) is 32.4 Å². The van der Waals surface area contributed by atoms with E-state index in [0.29, 0.717) is 27.1 Å². The fourth-order valence-electron chi connectivity index (χ4n) is 2.34. The second kappa shape index (κ2) is 7.17. The number of carbonyl (C=O) groups excluding carboxylic acids is 1. The summed E-state index contributed by atoms with van der Waals surface area (Å²) in [4.78, 5) is 23.5. The standard InChI is InChI=1S/C18H13Cl2NO4/c1-10-6-18(23)25-16-8-12(3-4-13(10)16)21-17(22)9-24-15-5-2-11(19)7-14(15)20/h2-8H,9H2,1H3,(H,21,22). The van der Waals surface area contributed by atoms with E-state index in [1.54, 1.807) is 30.3 Å². The Balaban J connectivity index is 1.70. The summed E-state index contributed by atoms with van der Waals surface area (Å²) in [7, 11) is 0. The van der Waals surface area contributed by atoms with Crippen LogP contribution in [-0.2, 0) is 4.79 Å². The molecule has 3 rings (SSSR count). The van der Waals surface area contributed by atoms with E-state index in [-0.39, 0.29) is 12.5 Å². The summed E-state index contributed by atoms with van der Waals surface area (Å²) in [6.07, 6.45) is 0. The van der Waals surface area contributed by atoms with Crippen molar-refractivity contribution in [1.82, 2.24) is 0 Å². The molecule has 0 radical (unpaired) electrons. The van der Waals surface area contributed by atoms with Crippen molar-refractivity contribution in [3.8, 4) is 5.75 Å². The zero-order chi connectivity index (χ0) is 18.0. The van der Waals surface area contributed by atoms with Gasteiger partial charge in [-0.3, -0.25) is 4.79 Å². The highest BCUT2D eigenvalue weighted by molar-refractivity contribution is 6.35. The monoisotopic (exact) mass is 377 g/mol. The smallest absolute Gasteiger partial charge is 0.336 e. The topological polar surface area (TPSA) is 68.5 Å². The second-order valence-electron chi connectivity index (χ2n) is 5.37. The number of rotatable bonds is 4. The van der Waals surface area contributed by atoms with Crippen LogP contribution < -0.4 is 15.7 Å². The van der Waals surface area contributed by atoms with Crippen molar-refractivity contribution in [2.75, 3.05) is 11.9 Å². The number of carbonyl (C=O) groups is 1. The Morgan fingerprint density at radius 2 is 1.96 bits per heavy atom. The van der Waals surface area contributed by atoms with Crippen molar-refractivity contribution in [3.05, 3.63) is 68.5 Å². The van der Waals surface area contributed by atoms with Crippen LogP contribution in [0.2, 0.25) is 10.0 Å². The first-order chi connectivity index (χ1) is 11.9. The van der Waals surface area contributed by atoms with Crippen molar-refractivity contribution < 1.29 is 13.9 Å². The van der Waals surface area contributed by atoms with E-state index >= 15 is 0 Å². The number of amides is 1. The molecule has 0 unspecified atom stereocenters. The van der Waals surface area contributed by atoms with Gasteiger partial charge in [0.25, 0.3) is 5.91 Å². The summed E-state index contributed by atoms with van der Waals surface area (Å²) in [5.41, 5.74) is 1.28. The van der Waals surface area contributed by atoms with Crippen molar-refractivity contribution in [1.29, 1.82) is 0 Å². The predicted octanol–water partition coefficient (Wildman–Crippen LogP) is 4.43. The molecule has 3 aromatic rings. The number of aryl methyl sites for hydroxylation is 1. The van der Waals surface area contributed by atoms with Gasteiger partial charge >= 0.3 is 5.63 Å². The second-order valence-corrected chi connectivity index (χ2v) is 6.21.